The summed E-state index contributed by atoms with van der Waals surface area (Å²) in [4.78, 5) is 11.3. The molecule has 0 aliphatic carbocycles. The van der Waals surface area contributed by atoms with E-state index < -0.39 is 6.09 Å². The van der Waals surface area contributed by atoms with Gasteiger partial charge in [0, 0.05) is 17.3 Å². The van der Waals surface area contributed by atoms with E-state index in [-0.39, 0.29) is 0 Å². The third-order valence-electron chi connectivity index (χ3n) is 3.97. The van der Waals surface area contributed by atoms with Crippen molar-refractivity contribution >= 4 is 12.3 Å². The lowest BCUT2D eigenvalue weighted by atomic mass is 10.1. The third-order valence-corrected chi connectivity index (χ3v) is 3.97. The normalized spacial score (nSPS) is 10.7. The molecule has 1 aromatic heterocycles. The van der Waals surface area contributed by atoms with Gasteiger partial charge in [-0.05, 0) is 30.3 Å². The first kappa shape index (κ1) is 19.0. The number of hydrogen-bond acceptors (Lipinski definition) is 6. The molecule has 0 saturated carbocycles. The SMILES string of the molecule is COC(=O)N/N=C\c1cn(-c2ccccc2)nc1-c1cc(OC)ccc1OC. The first-order chi connectivity index (χ1) is 13.7. The molecule has 144 valence electrons. The van der Waals surface area contributed by atoms with Crippen LogP contribution in [0, 0.1) is 0 Å². The standard InChI is InChI=1S/C20H20N4O4/c1-26-16-9-10-18(27-2)17(11-16)19-14(12-21-22-20(25)28-3)13-24(23-19)15-7-5-4-6-8-15/h4-13H,1-3H3,(H,22,25)/b21-12-. The molecule has 1 N–H and O–H groups in total. The maximum absolute atomic E-state index is 11.3. The van der Waals surface area contributed by atoms with Crippen LogP contribution in [0.4, 0.5) is 4.79 Å². The number of ether oxygens (including phenoxy) is 3. The van der Waals surface area contributed by atoms with Crippen LogP contribution < -0.4 is 14.9 Å². The molecule has 0 aliphatic heterocycles. The Bertz CT molecular complexity index is 983. The predicted octanol–water partition coefficient (Wildman–Crippen LogP) is 3.25. The van der Waals surface area contributed by atoms with Crippen LogP contribution in [0.5, 0.6) is 11.5 Å². The van der Waals surface area contributed by atoms with Crippen molar-refractivity contribution in [2.75, 3.05) is 21.3 Å². The zero-order valence-electron chi connectivity index (χ0n) is 15.7. The van der Waals surface area contributed by atoms with Gasteiger partial charge in [0.1, 0.15) is 17.2 Å². The van der Waals surface area contributed by atoms with E-state index in [1.807, 2.05) is 54.7 Å². The Morgan fingerprint density at radius 3 is 2.57 bits per heavy atom. The highest BCUT2D eigenvalue weighted by Gasteiger charge is 2.16. The Labute approximate surface area is 162 Å². The van der Waals surface area contributed by atoms with Gasteiger partial charge in [-0.2, -0.15) is 10.2 Å². The number of nitrogens with one attached hydrogen (secondary N) is 1. The smallest absolute Gasteiger partial charge is 0.427 e. The number of hydrogen-bond donors (Lipinski definition) is 1. The van der Waals surface area contributed by atoms with Gasteiger partial charge in [0.25, 0.3) is 0 Å². The fourth-order valence-corrected chi connectivity index (χ4v) is 2.60. The lowest BCUT2D eigenvalue weighted by molar-refractivity contribution is 0.171. The van der Waals surface area contributed by atoms with Crippen LogP contribution in [-0.4, -0.2) is 43.4 Å². The Balaban J connectivity index is 2.10. The molecular formula is C20H20N4O4. The molecule has 3 rings (SSSR count). The van der Waals surface area contributed by atoms with Gasteiger partial charge in [-0.15, -0.1) is 0 Å². The highest BCUT2D eigenvalue weighted by molar-refractivity contribution is 5.90. The Kier molecular flexibility index (Phi) is 5.91. The second-order valence-corrected chi connectivity index (χ2v) is 5.64. The summed E-state index contributed by atoms with van der Waals surface area (Å²) < 4.78 is 17.1. The number of benzene rings is 2. The minimum absolute atomic E-state index is 0.620. The predicted molar refractivity (Wildman–Crippen MR) is 105 cm³/mol. The summed E-state index contributed by atoms with van der Waals surface area (Å²) >= 11 is 0. The highest BCUT2D eigenvalue weighted by atomic mass is 16.5. The van der Waals surface area contributed by atoms with Crippen molar-refractivity contribution in [1.29, 1.82) is 0 Å². The van der Waals surface area contributed by atoms with Crippen molar-refractivity contribution in [1.82, 2.24) is 15.2 Å². The highest BCUT2D eigenvalue weighted by Crippen LogP contribution is 2.34. The van der Waals surface area contributed by atoms with Crippen molar-refractivity contribution in [2.45, 2.75) is 0 Å². The summed E-state index contributed by atoms with van der Waals surface area (Å²) in [6.45, 7) is 0. The third kappa shape index (κ3) is 4.12. The molecule has 0 radical (unpaired) electrons. The van der Waals surface area contributed by atoms with E-state index in [2.05, 4.69) is 15.3 Å². The van der Waals surface area contributed by atoms with Gasteiger partial charge in [-0.25, -0.2) is 14.9 Å². The van der Waals surface area contributed by atoms with E-state index in [9.17, 15) is 4.79 Å². The van der Waals surface area contributed by atoms with E-state index >= 15 is 0 Å². The topological polar surface area (TPSA) is 87.0 Å². The minimum Gasteiger partial charge on any atom is -0.497 e. The van der Waals surface area contributed by atoms with Crippen molar-refractivity contribution in [3.63, 3.8) is 0 Å². The Morgan fingerprint density at radius 2 is 1.89 bits per heavy atom. The number of methoxy groups -OCH3 is 3. The second-order valence-electron chi connectivity index (χ2n) is 5.64. The lowest BCUT2D eigenvalue weighted by Gasteiger charge is -2.09. The van der Waals surface area contributed by atoms with Gasteiger partial charge in [0.15, 0.2) is 0 Å². The summed E-state index contributed by atoms with van der Waals surface area (Å²) in [5, 5.41) is 8.63. The quantitative estimate of drug-likeness (QED) is 0.524. The molecule has 8 heteroatoms. The molecule has 0 spiro atoms. The van der Waals surface area contributed by atoms with Gasteiger partial charge in [-0.3, -0.25) is 0 Å². The largest absolute Gasteiger partial charge is 0.497 e. The van der Waals surface area contributed by atoms with Crippen LogP contribution in [0.3, 0.4) is 0 Å². The van der Waals surface area contributed by atoms with Crippen LogP contribution >= 0.6 is 0 Å². The molecule has 0 bridgehead atoms. The molecule has 8 nitrogen and oxygen atoms in total. The number of para-hydroxylation sites is 1. The molecule has 2 aromatic carbocycles. The molecule has 3 aromatic rings. The summed E-state index contributed by atoms with van der Waals surface area (Å²) in [6, 6.07) is 15.1. The van der Waals surface area contributed by atoms with Crippen molar-refractivity contribution in [3.8, 4) is 28.4 Å². The number of nitrogens with zero attached hydrogens (tertiary/aromatic N) is 3. The number of carbonyl (C=O) groups is 1. The van der Waals surface area contributed by atoms with Crippen molar-refractivity contribution < 1.29 is 19.0 Å². The van der Waals surface area contributed by atoms with Crippen molar-refractivity contribution in [3.05, 3.63) is 60.3 Å². The van der Waals surface area contributed by atoms with Gasteiger partial charge in [0.2, 0.25) is 0 Å². The maximum Gasteiger partial charge on any atom is 0.427 e. The first-order valence-electron chi connectivity index (χ1n) is 8.40. The van der Waals surface area contributed by atoms with E-state index in [1.165, 1.54) is 13.3 Å². The van der Waals surface area contributed by atoms with E-state index in [0.29, 0.717) is 22.8 Å². The average Bonchev–Trinajstić information content (AvgIpc) is 3.17. The van der Waals surface area contributed by atoms with E-state index in [0.717, 1.165) is 11.3 Å². The summed E-state index contributed by atoms with van der Waals surface area (Å²) in [7, 11) is 4.45. The van der Waals surface area contributed by atoms with Gasteiger partial charge in [0.05, 0.1) is 33.2 Å². The number of hydrazone groups is 1. The molecule has 0 atom stereocenters. The van der Waals surface area contributed by atoms with Crippen LogP contribution in [0.2, 0.25) is 0 Å². The molecule has 0 fully saturated rings. The molecular weight excluding hydrogens is 360 g/mol. The van der Waals surface area contributed by atoms with E-state index in [1.54, 1.807) is 18.9 Å². The molecule has 1 heterocycles. The van der Waals surface area contributed by atoms with Gasteiger partial charge >= 0.3 is 6.09 Å². The van der Waals surface area contributed by atoms with E-state index in [4.69, 9.17) is 14.6 Å². The molecule has 0 unspecified atom stereocenters. The summed E-state index contributed by atoms with van der Waals surface area (Å²) in [5.74, 6) is 1.30. The summed E-state index contributed by atoms with van der Waals surface area (Å²) in [5.41, 5.74) is 5.18. The zero-order chi connectivity index (χ0) is 19.9. The zero-order valence-corrected chi connectivity index (χ0v) is 15.7. The Morgan fingerprint density at radius 1 is 1.11 bits per heavy atom. The number of amides is 1. The second kappa shape index (κ2) is 8.72. The molecule has 0 aliphatic rings. The van der Waals surface area contributed by atoms with Crippen LogP contribution in [0.25, 0.3) is 16.9 Å². The van der Waals surface area contributed by atoms with Crippen molar-refractivity contribution in [2.24, 2.45) is 5.10 Å². The average molecular weight is 380 g/mol. The molecule has 0 saturated heterocycles. The van der Waals surface area contributed by atoms with Gasteiger partial charge in [-0.1, -0.05) is 18.2 Å². The summed E-state index contributed by atoms with van der Waals surface area (Å²) in [6.07, 6.45) is 2.65. The van der Waals surface area contributed by atoms with Crippen LogP contribution in [0.1, 0.15) is 5.56 Å². The van der Waals surface area contributed by atoms with Gasteiger partial charge < -0.3 is 14.2 Å². The fourth-order valence-electron chi connectivity index (χ4n) is 2.60. The first-order valence-corrected chi connectivity index (χ1v) is 8.40. The maximum atomic E-state index is 11.3. The number of rotatable bonds is 6. The lowest BCUT2D eigenvalue weighted by Crippen LogP contribution is -2.16. The van der Waals surface area contributed by atoms with Crippen LogP contribution in [-0.2, 0) is 4.74 Å². The fraction of sp³-hybridized carbons (Fsp3) is 0.150. The number of aromatic nitrogens is 2. The monoisotopic (exact) mass is 380 g/mol. The number of carbonyl (C=O) groups excluding carboxylic acids is 1. The molecule has 1 amide bonds. The van der Waals surface area contributed by atoms with Crippen LogP contribution in [0.15, 0.2) is 59.8 Å². The minimum atomic E-state index is -0.660. The Hall–Kier alpha value is -3.81. The molecule has 28 heavy (non-hydrogen) atoms.